The van der Waals surface area contributed by atoms with Crippen LogP contribution >= 0.6 is 0 Å². The van der Waals surface area contributed by atoms with Gasteiger partial charge in [0.25, 0.3) is 0 Å². The third-order valence-corrected chi connectivity index (χ3v) is 3.92. The van der Waals surface area contributed by atoms with Gasteiger partial charge in [-0.1, -0.05) is 25.9 Å². The van der Waals surface area contributed by atoms with Crippen molar-refractivity contribution in [3.8, 4) is 0 Å². The fraction of sp³-hybridized carbons (Fsp3) is 0.800. The third kappa shape index (κ3) is 4.43. The van der Waals surface area contributed by atoms with Gasteiger partial charge in [0.2, 0.25) is 5.89 Å². The van der Waals surface area contributed by atoms with Crippen LogP contribution < -0.4 is 10.6 Å². The van der Waals surface area contributed by atoms with Crippen LogP contribution in [0.15, 0.2) is 4.52 Å². The van der Waals surface area contributed by atoms with Gasteiger partial charge in [0.15, 0.2) is 5.82 Å². The summed E-state index contributed by atoms with van der Waals surface area (Å²) < 4.78 is 5.33. The van der Waals surface area contributed by atoms with Crippen LogP contribution in [-0.2, 0) is 0 Å². The van der Waals surface area contributed by atoms with E-state index in [2.05, 4.69) is 20.8 Å². The standard InChI is InChI=1S/C15H26N4O3/c1-4-11(7-8-20)16-15(21)17-12(9(2)3)14-18-13(19-22-14)10-5-6-10/h9-12,20H,4-8H2,1-3H3,(H2,16,17,21). The summed E-state index contributed by atoms with van der Waals surface area (Å²) in [5.74, 6) is 1.76. The Labute approximate surface area is 130 Å². The summed E-state index contributed by atoms with van der Waals surface area (Å²) in [6, 6.07) is -0.626. The average Bonchev–Trinajstić information content (AvgIpc) is 3.22. The summed E-state index contributed by atoms with van der Waals surface area (Å²) in [6.45, 7) is 6.02. The highest BCUT2D eigenvalue weighted by Gasteiger charge is 2.31. The Balaban J connectivity index is 1.96. The first-order chi connectivity index (χ1) is 10.5. The first-order valence-corrected chi connectivity index (χ1v) is 8.06. The van der Waals surface area contributed by atoms with E-state index in [1.54, 1.807) is 0 Å². The second-order valence-electron chi connectivity index (χ2n) is 6.22. The Hall–Kier alpha value is -1.63. The van der Waals surface area contributed by atoms with Gasteiger partial charge in [-0.2, -0.15) is 4.98 Å². The molecule has 1 aliphatic rings. The van der Waals surface area contributed by atoms with Gasteiger partial charge in [-0.05, 0) is 31.6 Å². The molecule has 2 atom stereocenters. The summed E-state index contributed by atoms with van der Waals surface area (Å²) in [6.07, 6.45) is 3.53. The largest absolute Gasteiger partial charge is 0.396 e. The number of amides is 2. The minimum atomic E-state index is -0.313. The lowest BCUT2D eigenvalue weighted by molar-refractivity contribution is 0.214. The molecular formula is C15H26N4O3. The number of aliphatic hydroxyl groups is 1. The van der Waals surface area contributed by atoms with Crippen LogP contribution in [-0.4, -0.2) is 33.9 Å². The van der Waals surface area contributed by atoms with E-state index >= 15 is 0 Å². The summed E-state index contributed by atoms with van der Waals surface area (Å²) in [7, 11) is 0. The van der Waals surface area contributed by atoms with Crippen molar-refractivity contribution >= 4 is 6.03 Å². The SMILES string of the molecule is CCC(CCO)NC(=O)NC(c1nc(C2CC2)no1)C(C)C. The van der Waals surface area contributed by atoms with E-state index < -0.39 is 0 Å². The number of aromatic nitrogens is 2. The molecule has 0 radical (unpaired) electrons. The molecule has 2 rings (SSSR count). The van der Waals surface area contributed by atoms with Crippen LogP contribution in [0.3, 0.4) is 0 Å². The normalized spacial score (nSPS) is 17.3. The van der Waals surface area contributed by atoms with E-state index in [4.69, 9.17) is 9.63 Å². The molecule has 1 aliphatic carbocycles. The van der Waals surface area contributed by atoms with Crippen LogP contribution in [0.1, 0.15) is 70.1 Å². The van der Waals surface area contributed by atoms with Crippen molar-refractivity contribution in [1.29, 1.82) is 0 Å². The van der Waals surface area contributed by atoms with E-state index in [0.717, 1.165) is 25.1 Å². The predicted molar refractivity (Wildman–Crippen MR) is 81.3 cm³/mol. The second-order valence-corrected chi connectivity index (χ2v) is 6.22. The lowest BCUT2D eigenvalue weighted by Gasteiger charge is -2.21. The molecule has 0 aliphatic heterocycles. The van der Waals surface area contributed by atoms with Gasteiger partial charge >= 0.3 is 6.03 Å². The highest BCUT2D eigenvalue weighted by molar-refractivity contribution is 5.74. The molecule has 1 fully saturated rings. The first-order valence-electron chi connectivity index (χ1n) is 8.06. The van der Waals surface area contributed by atoms with E-state index in [1.807, 2.05) is 20.8 Å². The molecule has 124 valence electrons. The molecule has 0 saturated heterocycles. The molecule has 0 bridgehead atoms. The monoisotopic (exact) mass is 310 g/mol. The second kappa shape index (κ2) is 7.58. The van der Waals surface area contributed by atoms with Crippen molar-refractivity contribution in [2.75, 3.05) is 6.61 Å². The Morgan fingerprint density at radius 3 is 2.68 bits per heavy atom. The average molecular weight is 310 g/mol. The van der Waals surface area contributed by atoms with Crippen LogP contribution in [0.4, 0.5) is 4.79 Å². The molecule has 0 spiro atoms. The third-order valence-electron chi connectivity index (χ3n) is 3.92. The Morgan fingerprint density at radius 2 is 2.14 bits per heavy atom. The number of carbonyl (C=O) groups is 1. The number of nitrogens with one attached hydrogen (secondary N) is 2. The maximum Gasteiger partial charge on any atom is 0.315 e. The van der Waals surface area contributed by atoms with Gasteiger partial charge in [0.1, 0.15) is 6.04 Å². The van der Waals surface area contributed by atoms with Crippen molar-refractivity contribution in [2.45, 2.75) is 64.5 Å². The van der Waals surface area contributed by atoms with E-state index in [9.17, 15) is 4.79 Å². The molecule has 3 N–H and O–H groups in total. The molecular weight excluding hydrogens is 284 g/mol. The molecule has 2 amide bonds. The quantitative estimate of drug-likeness (QED) is 0.682. The molecule has 7 nitrogen and oxygen atoms in total. The smallest absolute Gasteiger partial charge is 0.315 e. The number of hydrogen-bond acceptors (Lipinski definition) is 5. The van der Waals surface area contributed by atoms with Crippen molar-refractivity contribution in [2.24, 2.45) is 5.92 Å². The molecule has 22 heavy (non-hydrogen) atoms. The lowest BCUT2D eigenvalue weighted by atomic mass is 10.0. The topological polar surface area (TPSA) is 100 Å². The minimum absolute atomic E-state index is 0.0393. The number of nitrogens with zero attached hydrogens (tertiary/aromatic N) is 2. The van der Waals surface area contributed by atoms with Crippen LogP contribution in [0.25, 0.3) is 0 Å². The van der Waals surface area contributed by atoms with Crippen molar-refractivity contribution in [1.82, 2.24) is 20.8 Å². The van der Waals surface area contributed by atoms with Crippen molar-refractivity contribution in [3.63, 3.8) is 0 Å². The lowest BCUT2D eigenvalue weighted by Crippen LogP contribution is -2.44. The fourth-order valence-corrected chi connectivity index (χ4v) is 2.30. The number of carbonyl (C=O) groups excluding carboxylic acids is 1. The highest BCUT2D eigenvalue weighted by atomic mass is 16.5. The minimum Gasteiger partial charge on any atom is -0.396 e. The number of urea groups is 1. The van der Waals surface area contributed by atoms with E-state index in [0.29, 0.717) is 18.2 Å². The summed E-state index contributed by atoms with van der Waals surface area (Å²) in [5.41, 5.74) is 0. The number of aliphatic hydroxyl groups excluding tert-OH is 1. The van der Waals surface area contributed by atoms with Gasteiger partial charge < -0.3 is 20.3 Å². The molecule has 1 aromatic rings. The first kappa shape index (κ1) is 16.7. The number of rotatable bonds is 8. The zero-order valence-electron chi connectivity index (χ0n) is 13.5. The molecule has 1 heterocycles. The van der Waals surface area contributed by atoms with Gasteiger partial charge in [-0.3, -0.25) is 0 Å². The van der Waals surface area contributed by atoms with E-state index in [1.165, 1.54) is 0 Å². The fourth-order valence-electron chi connectivity index (χ4n) is 2.30. The maximum absolute atomic E-state index is 12.1. The van der Waals surface area contributed by atoms with Gasteiger partial charge in [-0.25, -0.2) is 4.79 Å². The van der Waals surface area contributed by atoms with E-state index in [-0.39, 0.29) is 30.6 Å². The van der Waals surface area contributed by atoms with Crippen LogP contribution in [0.2, 0.25) is 0 Å². The number of hydrogen-bond donors (Lipinski definition) is 3. The van der Waals surface area contributed by atoms with Gasteiger partial charge in [0, 0.05) is 18.6 Å². The van der Waals surface area contributed by atoms with Gasteiger partial charge in [-0.15, -0.1) is 0 Å². The Kier molecular flexibility index (Phi) is 5.76. The van der Waals surface area contributed by atoms with Crippen LogP contribution in [0.5, 0.6) is 0 Å². The molecule has 7 heteroatoms. The summed E-state index contributed by atoms with van der Waals surface area (Å²) in [4.78, 5) is 16.6. The zero-order valence-corrected chi connectivity index (χ0v) is 13.5. The summed E-state index contributed by atoms with van der Waals surface area (Å²) >= 11 is 0. The van der Waals surface area contributed by atoms with Gasteiger partial charge in [0.05, 0.1) is 0 Å². The zero-order chi connectivity index (χ0) is 16.1. The Morgan fingerprint density at radius 1 is 1.41 bits per heavy atom. The molecule has 0 aromatic carbocycles. The molecule has 2 unspecified atom stereocenters. The van der Waals surface area contributed by atoms with Crippen molar-refractivity contribution < 1.29 is 14.4 Å². The summed E-state index contributed by atoms with van der Waals surface area (Å²) in [5, 5.41) is 18.8. The van der Waals surface area contributed by atoms with Crippen LogP contribution in [0, 0.1) is 5.92 Å². The maximum atomic E-state index is 12.1. The molecule has 1 aromatic heterocycles. The highest BCUT2D eigenvalue weighted by Crippen LogP contribution is 2.38. The predicted octanol–water partition coefficient (Wildman–Crippen LogP) is 2.10. The molecule has 1 saturated carbocycles. The van der Waals surface area contributed by atoms with Crippen molar-refractivity contribution in [3.05, 3.63) is 11.7 Å². The Bertz CT molecular complexity index is 485.